The number of hydrogen-bond acceptors (Lipinski definition) is 1. The van der Waals surface area contributed by atoms with Crippen LogP contribution in [0.2, 0.25) is 0 Å². The Bertz CT molecular complexity index is 740. The number of carbonyl (C=O) groups excluding carboxylic acids is 1. The Morgan fingerprint density at radius 1 is 0.750 bits per heavy atom. The summed E-state index contributed by atoms with van der Waals surface area (Å²) in [6.07, 6.45) is 2.14. The van der Waals surface area contributed by atoms with Gasteiger partial charge in [0.15, 0.2) is 5.78 Å². The molecule has 0 fully saturated rings. The first kappa shape index (κ1) is 16.6. The second kappa shape index (κ2) is 8.04. The van der Waals surface area contributed by atoms with Crippen molar-refractivity contribution >= 4 is 24.3 Å². The van der Waals surface area contributed by atoms with Gasteiger partial charge in [-0.3, -0.25) is 4.79 Å². The van der Waals surface area contributed by atoms with E-state index in [0.29, 0.717) is 0 Å². The number of benzene rings is 3. The Balaban J connectivity index is 1.79. The van der Waals surface area contributed by atoms with Crippen LogP contribution in [0.4, 0.5) is 0 Å². The molecule has 0 aromatic heterocycles. The van der Waals surface area contributed by atoms with E-state index in [1.54, 1.807) is 6.92 Å². The van der Waals surface area contributed by atoms with Crippen molar-refractivity contribution in [2.75, 3.05) is 6.16 Å². The number of hydrogen-bond donors (Lipinski definition) is 0. The van der Waals surface area contributed by atoms with Crippen molar-refractivity contribution in [3.05, 3.63) is 96.1 Å². The van der Waals surface area contributed by atoms with Gasteiger partial charge in [0, 0.05) is 5.56 Å². The molecular weight excluding hydrogens is 311 g/mol. The maximum absolute atomic E-state index is 11.4. The summed E-state index contributed by atoms with van der Waals surface area (Å²) >= 11 is 0. The summed E-state index contributed by atoms with van der Waals surface area (Å²) in [5, 5.41) is 2.83. The number of aryl methyl sites for hydroxylation is 1. The van der Waals surface area contributed by atoms with E-state index in [1.165, 1.54) is 16.2 Å². The predicted octanol–water partition coefficient (Wildman–Crippen LogP) is 4.56. The summed E-state index contributed by atoms with van der Waals surface area (Å²) in [6, 6.07) is 29.6. The molecule has 120 valence electrons. The molecule has 0 unspecified atom stereocenters. The summed E-state index contributed by atoms with van der Waals surface area (Å²) in [7, 11) is -0.362. The topological polar surface area (TPSA) is 17.1 Å². The van der Waals surface area contributed by atoms with Gasteiger partial charge < -0.3 is 0 Å². The van der Waals surface area contributed by atoms with Crippen LogP contribution in [0, 0.1) is 0 Å². The third kappa shape index (κ3) is 4.19. The first-order valence-electron chi connectivity index (χ1n) is 8.21. The van der Waals surface area contributed by atoms with Crippen molar-refractivity contribution in [2.24, 2.45) is 0 Å². The molecule has 0 saturated carbocycles. The van der Waals surface area contributed by atoms with Crippen LogP contribution in [0.1, 0.15) is 22.8 Å². The number of carbonyl (C=O) groups is 1. The van der Waals surface area contributed by atoms with Crippen LogP contribution in [-0.4, -0.2) is 11.9 Å². The lowest BCUT2D eigenvalue weighted by molar-refractivity contribution is 0.101. The molecule has 3 aromatic rings. The Kier molecular flexibility index (Phi) is 5.56. The minimum absolute atomic E-state index is 0.123. The Morgan fingerprint density at radius 3 is 1.71 bits per heavy atom. The molecule has 3 rings (SSSR count). The molecule has 0 bridgehead atoms. The van der Waals surface area contributed by atoms with Crippen molar-refractivity contribution in [1.82, 2.24) is 0 Å². The first-order chi connectivity index (χ1) is 11.7. The Hall–Kier alpha value is -2.24. The standard InChI is InChI=1S/C22H21OP/c1-18(23)20-14-12-19(13-15-20)16-17-24(21-8-4-2-5-9-21)22-10-6-3-7-11-22/h2-15H,16-17H2,1H3. The number of Topliss-reactive ketones (excluding diaryl/α,β-unsaturated/α-hetero) is 1. The molecule has 1 nitrogen and oxygen atoms in total. The predicted molar refractivity (Wildman–Crippen MR) is 104 cm³/mol. The highest BCUT2D eigenvalue weighted by atomic mass is 31.1. The van der Waals surface area contributed by atoms with Crippen LogP contribution in [0.3, 0.4) is 0 Å². The molecule has 0 N–H and O–H groups in total. The quantitative estimate of drug-likeness (QED) is 0.477. The molecular formula is C22H21OP. The van der Waals surface area contributed by atoms with Gasteiger partial charge >= 0.3 is 0 Å². The second-order valence-electron chi connectivity index (χ2n) is 5.83. The van der Waals surface area contributed by atoms with Gasteiger partial charge in [0.05, 0.1) is 0 Å². The van der Waals surface area contributed by atoms with Gasteiger partial charge in [0.1, 0.15) is 0 Å². The van der Waals surface area contributed by atoms with Gasteiger partial charge in [-0.1, -0.05) is 84.9 Å². The van der Waals surface area contributed by atoms with E-state index < -0.39 is 0 Å². The van der Waals surface area contributed by atoms with Crippen LogP contribution < -0.4 is 10.6 Å². The smallest absolute Gasteiger partial charge is 0.159 e. The van der Waals surface area contributed by atoms with E-state index in [-0.39, 0.29) is 13.7 Å². The lowest BCUT2D eigenvalue weighted by Crippen LogP contribution is -2.14. The number of rotatable bonds is 6. The van der Waals surface area contributed by atoms with Gasteiger partial charge in [-0.05, 0) is 43.6 Å². The maximum Gasteiger partial charge on any atom is 0.159 e. The molecule has 0 heterocycles. The monoisotopic (exact) mass is 332 g/mol. The third-order valence-corrected chi connectivity index (χ3v) is 6.63. The van der Waals surface area contributed by atoms with E-state index in [4.69, 9.17) is 0 Å². The Morgan fingerprint density at radius 2 is 1.25 bits per heavy atom. The summed E-state index contributed by atoms with van der Waals surface area (Å²) in [6.45, 7) is 1.61. The minimum atomic E-state index is -0.362. The van der Waals surface area contributed by atoms with Crippen molar-refractivity contribution in [3.8, 4) is 0 Å². The highest BCUT2D eigenvalue weighted by Gasteiger charge is 2.13. The van der Waals surface area contributed by atoms with Crippen LogP contribution in [0.15, 0.2) is 84.9 Å². The number of ketones is 1. The Labute approximate surface area is 145 Å². The maximum atomic E-state index is 11.4. The molecule has 3 aromatic carbocycles. The second-order valence-corrected chi connectivity index (χ2v) is 8.16. The molecule has 24 heavy (non-hydrogen) atoms. The highest BCUT2D eigenvalue weighted by molar-refractivity contribution is 7.73. The zero-order valence-electron chi connectivity index (χ0n) is 13.9. The summed E-state index contributed by atoms with van der Waals surface area (Å²) in [4.78, 5) is 11.4. The van der Waals surface area contributed by atoms with Crippen LogP contribution in [0.5, 0.6) is 0 Å². The molecule has 0 aliphatic carbocycles. The molecule has 0 spiro atoms. The van der Waals surface area contributed by atoms with Gasteiger partial charge in [-0.15, -0.1) is 0 Å². The van der Waals surface area contributed by atoms with Crippen molar-refractivity contribution in [2.45, 2.75) is 13.3 Å². The van der Waals surface area contributed by atoms with Crippen LogP contribution >= 0.6 is 7.92 Å². The fourth-order valence-electron chi connectivity index (χ4n) is 2.77. The summed E-state index contributed by atoms with van der Waals surface area (Å²) in [5.74, 6) is 0.123. The summed E-state index contributed by atoms with van der Waals surface area (Å²) < 4.78 is 0. The molecule has 0 amide bonds. The molecule has 0 aliphatic heterocycles. The molecule has 0 radical (unpaired) electrons. The zero-order valence-corrected chi connectivity index (χ0v) is 14.7. The molecule has 2 heteroatoms. The van der Waals surface area contributed by atoms with E-state index >= 15 is 0 Å². The minimum Gasteiger partial charge on any atom is -0.295 e. The normalized spacial score (nSPS) is 10.8. The molecule has 0 saturated heterocycles. The van der Waals surface area contributed by atoms with E-state index in [0.717, 1.165) is 18.1 Å². The van der Waals surface area contributed by atoms with Gasteiger partial charge in [-0.25, -0.2) is 0 Å². The SMILES string of the molecule is CC(=O)c1ccc(CCP(c2ccccc2)c2ccccc2)cc1. The zero-order chi connectivity index (χ0) is 16.8. The van der Waals surface area contributed by atoms with Crippen LogP contribution in [0.25, 0.3) is 0 Å². The van der Waals surface area contributed by atoms with Crippen molar-refractivity contribution in [1.29, 1.82) is 0 Å². The summed E-state index contributed by atoms with van der Waals surface area (Å²) in [5.41, 5.74) is 2.08. The van der Waals surface area contributed by atoms with Gasteiger partial charge in [0.25, 0.3) is 0 Å². The lowest BCUT2D eigenvalue weighted by Gasteiger charge is -2.18. The molecule has 0 atom stereocenters. The fraction of sp³-hybridized carbons (Fsp3) is 0.136. The first-order valence-corrected chi connectivity index (χ1v) is 9.74. The van der Waals surface area contributed by atoms with Crippen molar-refractivity contribution in [3.63, 3.8) is 0 Å². The average molecular weight is 332 g/mol. The lowest BCUT2D eigenvalue weighted by atomic mass is 10.1. The average Bonchev–Trinajstić information content (AvgIpc) is 2.64. The third-order valence-electron chi connectivity index (χ3n) is 4.12. The van der Waals surface area contributed by atoms with E-state index in [9.17, 15) is 4.79 Å². The highest BCUT2D eigenvalue weighted by Crippen LogP contribution is 2.34. The fourth-order valence-corrected chi connectivity index (χ4v) is 5.13. The van der Waals surface area contributed by atoms with E-state index in [2.05, 4.69) is 72.8 Å². The largest absolute Gasteiger partial charge is 0.295 e. The van der Waals surface area contributed by atoms with Gasteiger partial charge in [-0.2, -0.15) is 0 Å². The van der Waals surface area contributed by atoms with E-state index in [1.807, 2.05) is 12.1 Å². The van der Waals surface area contributed by atoms with Crippen molar-refractivity contribution < 1.29 is 4.79 Å². The van der Waals surface area contributed by atoms with Gasteiger partial charge in [0.2, 0.25) is 0 Å². The molecule has 0 aliphatic rings. The van der Waals surface area contributed by atoms with Crippen LogP contribution in [-0.2, 0) is 6.42 Å².